The standard InChI is InChI=1S/C14H19ClN2O5S/c1-3-6-17(9-14(19)20)8-13(18)16-12-7-10(23(2,21)22)4-5-11(12)15/h4-5,7H,3,6,8-9H2,1-2H3,(H,16,18)(H,19,20). The van der Waals surface area contributed by atoms with Crippen LogP contribution in [0.15, 0.2) is 23.1 Å². The van der Waals surface area contributed by atoms with E-state index in [1.807, 2.05) is 6.92 Å². The number of anilines is 1. The summed E-state index contributed by atoms with van der Waals surface area (Å²) in [5.41, 5.74) is 0.173. The molecule has 0 unspecified atom stereocenters. The summed E-state index contributed by atoms with van der Waals surface area (Å²) in [6.45, 7) is 1.95. The molecule has 128 valence electrons. The third kappa shape index (κ3) is 6.55. The van der Waals surface area contributed by atoms with E-state index in [2.05, 4.69) is 5.32 Å². The number of aliphatic carboxylic acids is 1. The van der Waals surface area contributed by atoms with E-state index in [1.54, 1.807) is 0 Å². The largest absolute Gasteiger partial charge is 0.480 e. The molecule has 7 nitrogen and oxygen atoms in total. The molecular formula is C14H19ClN2O5S. The number of carboxylic acid groups (broad SMARTS) is 1. The molecule has 0 spiro atoms. The van der Waals surface area contributed by atoms with Gasteiger partial charge >= 0.3 is 5.97 Å². The van der Waals surface area contributed by atoms with Crippen LogP contribution < -0.4 is 5.32 Å². The molecule has 0 bridgehead atoms. The van der Waals surface area contributed by atoms with E-state index in [0.29, 0.717) is 13.0 Å². The van der Waals surface area contributed by atoms with Crippen molar-refractivity contribution in [1.29, 1.82) is 0 Å². The Hall–Kier alpha value is -1.64. The lowest BCUT2D eigenvalue weighted by Crippen LogP contribution is -2.37. The maximum Gasteiger partial charge on any atom is 0.317 e. The van der Waals surface area contributed by atoms with Gasteiger partial charge in [-0.2, -0.15) is 0 Å². The number of hydrogen-bond donors (Lipinski definition) is 2. The van der Waals surface area contributed by atoms with Gasteiger partial charge < -0.3 is 10.4 Å². The van der Waals surface area contributed by atoms with Crippen LogP contribution in [0, 0.1) is 0 Å². The maximum atomic E-state index is 12.0. The number of sulfone groups is 1. The molecular weight excluding hydrogens is 344 g/mol. The number of carboxylic acids is 1. The normalized spacial score (nSPS) is 11.5. The molecule has 9 heteroatoms. The molecule has 0 saturated heterocycles. The van der Waals surface area contributed by atoms with E-state index in [9.17, 15) is 18.0 Å². The van der Waals surface area contributed by atoms with Crippen molar-refractivity contribution in [2.45, 2.75) is 18.2 Å². The van der Waals surface area contributed by atoms with Gasteiger partial charge in [-0.3, -0.25) is 14.5 Å². The van der Waals surface area contributed by atoms with E-state index in [0.717, 1.165) is 6.26 Å². The number of carbonyl (C=O) groups is 2. The van der Waals surface area contributed by atoms with Crippen molar-refractivity contribution < 1.29 is 23.1 Å². The summed E-state index contributed by atoms with van der Waals surface area (Å²) < 4.78 is 23.1. The van der Waals surface area contributed by atoms with Gasteiger partial charge in [0.25, 0.3) is 0 Å². The van der Waals surface area contributed by atoms with Crippen LogP contribution in [0.4, 0.5) is 5.69 Å². The Morgan fingerprint density at radius 1 is 1.30 bits per heavy atom. The average molecular weight is 363 g/mol. The molecule has 2 N–H and O–H groups in total. The van der Waals surface area contributed by atoms with Crippen LogP contribution in [0.2, 0.25) is 5.02 Å². The highest BCUT2D eigenvalue weighted by atomic mass is 35.5. The third-order valence-corrected chi connectivity index (χ3v) is 4.35. The quantitative estimate of drug-likeness (QED) is 0.726. The Balaban J connectivity index is 2.85. The van der Waals surface area contributed by atoms with Crippen molar-refractivity contribution in [1.82, 2.24) is 4.90 Å². The Labute approximate surface area is 140 Å². The minimum absolute atomic E-state index is 0.0353. The molecule has 0 radical (unpaired) electrons. The van der Waals surface area contributed by atoms with E-state index >= 15 is 0 Å². The second kappa shape index (κ2) is 8.28. The van der Waals surface area contributed by atoms with Gasteiger partial charge in [-0.15, -0.1) is 0 Å². The van der Waals surface area contributed by atoms with Crippen LogP contribution >= 0.6 is 11.6 Å². The van der Waals surface area contributed by atoms with Crippen molar-refractivity contribution in [3.63, 3.8) is 0 Å². The van der Waals surface area contributed by atoms with Crippen molar-refractivity contribution in [2.24, 2.45) is 0 Å². The summed E-state index contributed by atoms with van der Waals surface area (Å²) in [5, 5.41) is 11.5. The molecule has 0 heterocycles. The Morgan fingerprint density at radius 3 is 2.48 bits per heavy atom. The zero-order valence-electron chi connectivity index (χ0n) is 12.9. The van der Waals surface area contributed by atoms with E-state index in [1.165, 1.54) is 23.1 Å². The second-order valence-electron chi connectivity index (χ2n) is 5.07. The van der Waals surface area contributed by atoms with E-state index in [-0.39, 0.29) is 28.7 Å². The third-order valence-electron chi connectivity index (χ3n) is 2.91. The van der Waals surface area contributed by atoms with Crippen LogP contribution in [-0.4, -0.2) is 56.2 Å². The van der Waals surface area contributed by atoms with Gasteiger partial charge in [-0.25, -0.2) is 8.42 Å². The van der Waals surface area contributed by atoms with Gasteiger partial charge in [0.1, 0.15) is 0 Å². The summed E-state index contributed by atoms with van der Waals surface area (Å²) in [5.74, 6) is -1.49. The van der Waals surface area contributed by atoms with Gasteiger partial charge in [0.15, 0.2) is 9.84 Å². The van der Waals surface area contributed by atoms with Crippen molar-refractivity contribution >= 4 is 39.0 Å². The lowest BCUT2D eigenvalue weighted by Gasteiger charge is -2.19. The van der Waals surface area contributed by atoms with Crippen LogP contribution in [-0.2, 0) is 19.4 Å². The topological polar surface area (TPSA) is 104 Å². The van der Waals surface area contributed by atoms with Crippen LogP contribution in [0.25, 0.3) is 0 Å². The molecule has 1 aromatic carbocycles. The smallest absolute Gasteiger partial charge is 0.317 e. The second-order valence-corrected chi connectivity index (χ2v) is 7.49. The van der Waals surface area contributed by atoms with Gasteiger partial charge in [-0.05, 0) is 31.2 Å². The molecule has 1 amide bonds. The first kappa shape index (κ1) is 19.4. The number of amides is 1. The van der Waals surface area contributed by atoms with Gasteiger partial charge in [0.05, 0.1) is 28.7 Å². The number of nitrogens with zero attached hydrogens (tertiary/aromatic N) is 1. The molecule has 0 aromatic heterocycles. The number of carbonyl (C=O) groups excluding carboxylic acids is 1. The fourth-order valence-electron chi connectivity index (χ4n) is 1.95. The molecule has 0 saturated carbocycles. The highest BCUT2D eigenvalue weighted by Crippen LogP contribution is 2.25. The Morgan fingerprint density at radius 2 is 1.96 bits per heavy atom. The molecule has 0 atom stereocenters. The van der Waals surface area contributed by atoms with Crippen molar-refractivity contribution in [3.8, 4) is 0 Å². The minimum Gasteiger partial charge on any atom is -0.480 e. The predicted molar refractivity (Wildman–Crippen MR) is 87.6 cm³/mol. The molecule has 1 aromatic rings. The molecule has 0 aliphatic rings. The SMILES string of the molecule is CCCN(CC(=O)O)CC(=O)Nc1cc(S(C)(=O)=O)ccc1Cl. The van der Waals surface area contributed by atoms with E-state index in [4.69, 9.17) is 16.7 Å². The summed E-state index contributed by atoms with van der Waals surface area (Å²) in [6.07, 6.45) is 1.75. The number of rotatable bonds is 8. The number of hydrogen-bond acceptors (Lipinski definition) is 5. The fraction of sp³-hybridized carbons (Fsp3) is 0.429. The van der Waals surface area contributed by atoms with Crippen LogP contribution in [0.3, 0.4) is 0 Å². The summed E-state index contributed by atoms with van der Waals surface area (Å²) in [6, 6.07) is 4.01. The fourth-order valence-corrected chi connectivity index (χ4v) is 2.76. The molecule has 0 aliphatic heterocycles. The first-order valence-electron chi connectivity index (χ1n) is 6.87. The predicted octanol–water partition coefficient (Wildman–Crippen LogP) is 1.48. The number of halogens is 1. The average Bonchev–Trinajstić information content (AvgIpc) is 2.39. The van der Waals surface area contributed by atoms with Crippen molar-refractivity contribution in [2.75, 3.05) is 31.2 Å². The van der Waals surface area contributed by atoms with Crippen LogP contribution in [0.5, 0.6) is 0 Å². The summed E-state index contributed by atoms with van der Waals surface area (Å²) >= 11 is 5.96. The highest BCUT2D eigenvalue weighted by molar-refractivity contribution is 7.90. The minimum atomic E-state index is -3.42. The summed E-state index contributed by atoms with van der Waals surface area (Å²) in [4.78, 5) is 24.3. The molecule has 23 heavy (non-hydrogen) atoms. The first-order chi connectivity index (χ1) is 10.6. The van der Waals surface area contributed by atoms with Gasteiger partial charge in [0.2, 0.25) is 5.91 Å². The zero-order valence-corrected chi connectivity index (χ0v) is 14.4. The lowest BCUT2D eigenvalue weighted by atomic mass is 10.3. The molecule has 1 rings (SSSR count). The lowest BCUT2D eigenvalue weighted by molar-refractivity contribution is -0.138. The van der Waals surface area contributed by atoms with Crippen LogP contribution in [0.1, 0.15) is 13.3 Å². The molecule has 0 fully saturated rings. The number of benzene rings is 1. The number of nitrogens with one attached hydrogen (secondary N) is 1. The van der Waals surface area contributed by atoms with Gasteiger partial charge in [-0.1, -0.05) is 18.5 Å². The maximum absolute atomic E-state index is 12.0. The first-order valence-corrected chi connectivity index (χ1v) is 9.14. The van der Waals surface area contributed by atoms with E-state index < -0.39 is 21.7 Å². The van der Waals surface area contributed by atoms with Gasteiger partial charge in [0, 0.05) is 6.26 Å². The highest BCUT2D eigenvalue weighted by Gasteiger charge is 2.16. The monoisotopic (exact) mass is 362 g/mol. The van der Waals surface area contributed by atoms with Crippen molar-refractivity contribution in [3.05, 3.63) is 23.2 Å². The summed E-state index contributed by atoms with van der Waals surface area (Å²) in [7, 11) is -3.42. The Bertz CT molecular complexity index is 690. The molecule has 0 aliphatic carbocycles. The zero-order chi connectivity index (χ0) is 17.6. The Kier molecular flexibility index (Phi) is 6.99.